The third-order valence-electron chi connectivity index (χ3n) is 3.58. The predicted molar refractivity (Wildman–Crippen MR) is 68.8 cm³/mol. The summed E-state index contributed by atoms with van der Waals surface area (Å²) < 4.78 is 5.77. The Hall–Kier alpha value is -1.68. The first-order valence-corrected chi connectivity index (χ1v) is 6.49. The van der Waals surface area contributed by atoms with Crippen molar-refractivity contribution < 1.29 is 4.42 Å². The summed E-state index contributed by atoms with van der Waals surface area (Å²) in [6.45, 7) is 0.553. The molecule has 0 radical (unpaired) electrons. The Balaban J connectivity index is 1.82. The molecule has 0 atom stereocenters. The molecule has 1 aromatic carbocycles. The van der Waals surface area contributed by atoms with Crippen molar-refractivity contribution in [2.75, 3.05) is 0 Å². The van der Waals surface area contributed by atoms with Gasteiger partial charge in [0.25, 0.3) is 0 Å². The number of nitrogens with zero attached hydrogens (tertiary/aromatic N) is 2. The Morgan fingerprint density at radius 3 is 2.50 bits per heavy atom. The molecule has 2 aromatic rings. The van der Waals surface area contributed by atoms with Gasteiger partial charge in [0.1, 0.15) is 0 Å². The Kier molecular flexibility index (Phi) is 3.11. The van der Waals surface area contributed by atoms with E-state index in [-0.39, 0.29) is 0 Å². The van der Waals surface area contributed by atoms with Gasteiger partial charge in [-0.1, -0.05) is 25.0 Å². The molecule has 1 aliphatic rings. The minimum Gasteiger partial charge on any atom is -0.420 e. The highest BCUT2D eigenvalue weighted by Crippen LogP contribution is 2.34. The lowest BCUT2D eigenvalue weighted by Gasteiger charge is -2.01. The first-order valence-electron chi connectivity index (χ1n) is 6.49. The molecule has 1 fully saturated rings. The number of hydrogen-bond donors (Lipinski definition) is 1. The highest BCUT2D eigenvalue weighted by Gasteiger charge is 2.22. The maximum atomic E-state index is 5.77. The zero-order chi connectivity index (χ0) is 12.4. The Morgan fingerprint density at radius 2 is 1.83 bits per heavy atom. The van der Waals surface area contributed by atoms with Gasteiger partial charge in [0, 0.05) is 18.0 Å². The van der Waals surface area contributed by atoms with E-state index in [4.69, 9.17) is 10.2 Å². The van der Waals surface area contributed by atoms with Crippen molar-refractivity contribution in [1.29, 1.82) is 0 Å². The summed E-state index contributed by atoms with van der Waals surface area (Å²) in [4.78, 5) is 0. The molecule has 3 rings (SSSR count). The molecule has 0 unspecified atom stereocenters. The van der Waals surface area contributed by atoms with Crippen LogP contribution in [0.5, 0.6) is 0 Å². The van der Waals surface area contributed by atoms with Crippen LogP contribution in [0.1, 0.15) is 43.1 Å². The summed E-state index contributed by atoms with van der Waals surface area (Å²) >= 11 is 0. The lowest BCUT2D eigenvalue weighted by molar-refractivity contribution is 0.457. The molecule has 4 heteroatoms. The standard InChI is InChI=1S/C14H17N3O/c15-9-10-5-7-12(8-6-10)14-17-16-13(18-14)11-3-1-2-4-11/h5-8,11H,1-4,9,15H2. The molecular weight excluding hydrogens is 226 g/mol. The molecule has 4 nitrogen and oxygen atoms in total. The van der Waals surface area contributed by atoms with Crippen LogP contribution < -0.4 is 5.73 Å². The SMILES string of the molecule is NCc1ccc(-c2nnc(C3CCCC3)o2)cc1. The summed E-state index contributed by atoms with van der Waals surface area (Å²) in [6, 6.07) is 7.95. The van der Waals surface area contributed by atoms with Crippen LogP contribution in [0, 0.1) is 0 Å². The van der Waals surface area contributed by atoms with E-state index < -0.39 is 0 Å². The molecule has 94 valence electrons. The maximum Gasteiger partial charge on any atom is 0.247 e. The quantitative estimate of drug-likeness (QED) is 0.900. The number of aromatic nitrogens is 2. The van der Waals surface area contributed by atoms with E-state index in [9.17, 15) is 0 Å². The summed E-state index contributed by atoms with van der Waals surface area (Å²) in [5, 5.41) is 8.31. The molecule has 1 saturated carbocycles. The number of rotatable bonds is 3. The van der Waals surface area contributed by atoms with Gasteiger partial charge < -0.3 is 10.2 Å². The Morgan fingerprint density at radius 1 is 1.11 bits per heavy atom. The van der Waals surface area contributed by atoms with Gasteiger partial charge in [-0.05, 0) is 30.5 Å². The minimum atomic E-state index is 0.467. The normalized spacial score (nSPS) is 16.3. The minimum absolute atomic E-state index is 0.467. The second kappa shape index (κ2) is 4.90. The van der Waals surface area contributed by atoms with Gasteiger partial charge in [-0.2, -0.15) is 0 Å². The molecule has 2 N–H and O–H groups in total. The maximum absolute atomic E-state index is 5.77. The lowest BCUT2D eigenvalue weighted by Crippen LogP contribution is -1.95. The molecule has 0 amide bonds. The van der Waals surface area contributed by atoms with Gasteiger partial charge in [-0.15, -0.1) is 10.2 Å². The smallest absolute Gasteiger partial charge is 0.247 e. The third-order valence-corrected chi connectivity index (χ3v) is 3.58. The van der Waals surface area contributed by atoms with E-state index in [1.807, 2.05) is 24.3 Å². The Labute approximate surface area is 106 Å². The summed E-state index contributed by atoms with van der Waals surface area (Å²) in [5.74, 6) is 1.88. The van der Waals surface area contributed by atoms with E-state index >= 15 is 0 Å². The van der Waals surface area contributed by atoms with Crippen LogP contribution in [-0.2, 0) is 6.54 Å². The van der Waals surface area contributed by atoms with Crippen molar-refractivity contribution in [2.45, 2.75) is 38.1 Å². The second-order valence-corrected chi connectivity index (χ2v) is 4.83. The van der Waals surface area contributed by atoms with Crippen molar-refractivity contribution in [2.24, 2.45) is 5.73 Å². The van der Waals surface area contributed by atoms with Crippen LogP contribution >= 0.6 is 0 Å². The average Bonchev–Trinajstić information content (AvgIpc) is 3.09. The predicted octanol–water partition coefficient (Wildman–Crippen LogP) is 2.85. The fourth-order valence-corrected chi connectivity index (χ4v) is 2.47. The summed E-state index contributed by atoms with van der Waals surface area (Å²) in [7, 11) is 0. The molecular formula is C14H17N3O. The number of nitrogens with two attached hydrogens (primary N) is 1. The molecule has 0 bridgehead atoms. The van der Waals surface area contributed by atoms with Crippen LogP contribution in [0.15, 0.2) is 28.7 Å². The molecule has 1 aliphatic carbocycles. The monoisotopic (exact) mass is 243 g/mol. The number of benzene rings is 1. The van der Waals surface area contributed by atoms with Crippen molar-refractivity contribution in [1.82, 2.24) is 10.2 Å². The van der Waals surface area contributed by atoms with E-state index in [0.29, 0.717) is 18.4 Å². The van der Waals surface area contributed by atoms with E-state index in [0.717, 1.165) is 17.0 Å². The van der Waals surface area contributed by atoms with Crippen molar-refractivity contribution >= 4 is 0 Å². The zero-order valence-electron chi connectivity index (χ0n) is 10.3. The lowest BCUT2D eigenvalue weighted by atomic mass is 10.1. The van der Waals surface area contributed by atoms with Crippen LogP contribution in [0.3, 0.4) is 0 Å². The van der Waals surface area contributed by atoms with Crippen LogP contribution in [0.25, 0.3) is 11.5 Å². The third kappa shape index (κ3) is 2.16. The van der Waals surface area contributed by atoms with Gasteiger partial charge in [-0.3, -0.25) is 0 Å². The molecule has 1 aromatic heterocycles. The molecule has 0 spiro atoms. The van der Waals surface area contributed by atoms with Gasteiger partial charge in [0.15, 0.2) is 0 Å². The highest BCUT2D eigenvalue weighted by atomic mass is 16.4. The largest absolute Gasteiger partial charge is 0.420 e. The highest BCUT2D eigenvalue weighted by molar-refractivity contribution is 5.53. The fourth-order valence-electron chi connectivity index (χ4n) is 2.47. The average molecular weight is 243 g/mol. The zero-order valence-corrected chi connectivity index (χ0v) is 10.3. The van der Waals surface area contributed by atoms with Gasteiger partial charge in [0.05, 0.1) is 0 Å². The second-order valence-electron chi connectivity index (χ2n) is 4.83. The van der Waals surface area contributed by atoms with Crippen molar-refractivity contribution in [3.63, 3.8) is 0 Å². The van der Waals surface area contributed by atoms with Gasteiger partial charge >= 0.3 is 0 Å². The number of hydrogen-bond acceptors (Lipinski definition) is 4. The van der Waals surface area contributed by atoms with Crippen molar-refractivity contribution in [3.8, 4) is 11.5 Å². The topological polar surface area (TPSA) is 64.9 Å². The summed E-state index contributed by atoms with van der Waals surface area (Å²) in [5.41, 5.74) is 7.64. The summed E-state index contributed by atoms with van der Waals surface area (Å²) in [6.07, 6.45) is 4.89. The van der Waals surface area contributed by atoms with E-state index in [1.165, 1.54) is 25.7 Å². The molecule has 0 aliphatic heterocycles. The molecule has 0 saturated heterocycles. The van der Waals surface area contributed by atoms with Crippen LogP contribution in [0.2, 0.25) is 0 Å². The van der Waals surface area contributed by atoms with E-state index in [1.54, 1.807) is 0 Å². The first-order chi connectivity index (χ1) is 8.86. The van der Waals surface area contributed by atoms with Crippen molar-refractivity contribution in [3.05, 3.63) is 35.7 Å². The van der Waals surface area contributed by atoms with Crippen LogP contribution in [-0.4, -0.2) is 10.2 Å². The van der Waals surface area contributed by atoms with Gasteiger partial charge in [-0.25, -0.2) is 0 Å². The molecule has 18 heavy (non-hydrogen) atoms. The van der Waals surface area contributed by atoms with Crippen LogP contribution in [0.4, 0.5) is 0 Å². The van der Waals surface area contributed by atoms with Gasteiger partial charge in [0.2, 0.25) is 11.8 Å². The Bertz CT molecular complexity index is 512. The molecule has 1 heterocycles. The first kappa shape index (κ1) is 11.4. The fraction of sp³-hybridized carbons (Fsp3) is 0.429. The van der Waals surface area contributed by atoms with E-state index in [2.05, 4.69) is 10.2 Å².